The van der Waals surface area contributed by atoms with Crippen LogP contribution in [0.3, 0.4) is 0 Å². The molecule has 56 heavy (non-hydrogen) atoms. The number of nitrogens with one attached hydrogen (secondary N) is 2. The summed E-state index contributed by atoms with van der Waals surface area (Å²) >= 11 is 0. The van der Waals surface area contributed by atoms with Crippen LogP contribution in [0.25, 0.3) is 11.1 Å². The molecule has 0 fully saturated rings. The molecule has 12 heteroatoms. The molecule has 0 heterocycles. The Morgan fingerprint density at radius 2 is 1.02 bits per heavy atom. The van der Waals surface area contributed by atoms with Crippen molar-refractivity contribution in [3.63, 3.8) is 0 Å². The van der Waals surface area contributed by atoms with Crippen molar-refractivity contribution < 1.29 is 48.3 Å². The number of hydrogen-bond acceptors (Lipinski definition) is 8. The molecule has 4 rings (SSSR count). The van der Waals surface area contributed by atoms with E-state index in [-0.39, 0.29) is 52.1 Å². The fourth-order valence-electron chi connectivity index (χ4n) is 5.35. The Morgan fingerprint density at radius 3 is 1.43 bits per heavy atom. The number of carboxylic acids is 2. The van der Waals surface area contributed by atoms with E-state index in [1.54, 1.807) is 36.4 Å². The van der Waals surface area contributed by atoms with Gasteiger partial charge in [-0.25, -0.2) is 9.59 Å². The van der Waals surface area contributed by atoms with Crippen LogP contribution in [-0.2, 0) is 0 Å². The van der Waals surface area contributed by atoms with Gasteiger partial charge in [0.2, 0.25) is 0 Å². The molecular formula is C44H52N2O10. The number of rotatable bonds is 19. The molecule has 0 saturated heterocycles. The summed E-state index contributed by atoms with van der Waals surface area (Å²) < 4.78 is 24.3. The summed E-state index contributed by atoms with van der Waals surface area (Å²) in [4.78, 5) is 51.0. The Hall–Kier alpha value is -6.04. The van der Waals surface area contributed by atoms with Gasteiger partial charge in [0.15, 0.2) is 0 Å². The van der Waals surface area contributed by atoms with Crippen LogP contribution in [0, 0.1) is 5.92 Å². The molecule has 0 saturated carbocycles. The highest BCUT2D eigenvalue weighted by atomic mass is 16.5. The number of hydrogen-bond donors (Lipinski definition) is 4. The maximum atomic E-state index is 13.8. The third kappa shape index (κ3) is 11.5. The van der Waals surface area contributed by atoms with Crippen LogP contribution < -0.4 is 29.6 Å². The quantitative estimate of drug-likeness (QED) is 0.0720. The first-order valence-corrected chi connectivity index (χ1v) is 18.9. The van der Waals surface area contributed by atoms with Crippen molar-refractivity contribution in [2.45, 2.75) is 93.0 Å². The highest BCUT2D eigenvalue weighted by molar-refractivity contribution is 6.09. The van der Waals surface area contributed by atoms with Crippen molar-refractivity contribution in [1.82, 2.24) is 0 Å². The van der Waals surface area contributed by atoms with Crippen molar-refractivity contribution in [2.75, 3.05) is 17.2 Å². The lowest BCUT2D eigenvalue weighted by Gasteiger charge is -2.19. The molecule has 2 atom stereocenters. The van der Waals surface area contributed by atoms with Crippen LogP contribution in [0.4, 0.5) is 11.4 Å². The minimum atomic E-state index is -1.12. The standard InChI is InChI=1S/C44H52N2O10/c1-9-27(7)55-39-23-31(43(49)50)13-17-35(39)45-41(47)33-15-11-29(21-37(33)53-20-19-25(3)4)30-12-16-34(38(22-30)54-26(5)6)42(48)46-36-18-14-32(44(51)52)24-40(36)56-28(8)10-2/h11-18,21-28H,9-10,19-20H2,1-8H3,(H,45,47)(H,46,48)(H,49,50)(H,51,52). The Bertz CT molecular complexity index is 2040. The smallest absolute Gasteiger partial charge is 0.335 e. The zero-order valence-electron chi connectivity index (χ0n) is 33.2. The molecule has 12 nitrogen and oxygen atoms in total. The van der Waals surface area contributed by atoms with Crippen LogP contribution in [0.1, 0.15) is 116 Å². The van der Waals surface area contributed by atoms with Crippen LogP contribution >= 0.6 is 0 Å². The molecule has 0 aromatic heterocycles. The summed E-state index contributed by atoms with van der Waals surface area (Å²) in [7, 11) is 0. The third-order valence-corrected chi connectivity index (χ3v) is 8.86. The second kappa shape index (κ2) is 19.5. The minimum absolute atomic E-state index is 0.0281. The molecule has 2 amide bonds. The van der Waals surface area contributed by atoms with Gasteiger partial charge in [-0.3, -0.25) is 9.59 Å². The van der Waals surface area contributed by atoms with Crippen molar-refractivity contribution in [3.05, 3.63) is 95.1 Å². The lowest BCUT2D eigenvalue weighted by atomic mass is 10.00. The lowest BCUT2D eigenvalue weighted by Crippen LogP contribution is -2.18. The Labute approximate surface area is 328 Å². The summed E-state index contributed by atoms with van der Waals surface area (Å²) in [5.41, 5.74) is 2.58. The van der Waals surface area contributed by atoms with Crippen LogP contribution in [0.5, 0.6) is 23.0 Å². The normalized spacial score (nSPS) is 12.1. The maximum Gasteiger partial charge on any atom is 0.335 e. The summed E-state index contributed by atoms with van der Waals surface area (Å²) in [6, 6.07) is 18.9. The first-order chi connectivity index (χ1) is 26.6. The molecule has 0 aliphatic carbocycles. The summed E-state index contributed by atoms with van der Waals surface area (Å²) in [5.74, 6) is -1.72. The first-order valence-electron chi connectivity index (χ1n) is 18.9. The molecule has 0 radical (unpaired) electrons. The minimum Gasteiger partial charge on any atom is -0.493 e. The highest BCUT2D eigenvalue weighted by Gasteiger charge is 2.22. The van der Waals surface area contributed by atoms with E-state index in [9.17, 15) is 29.4 Å². The van der Waals surface area contributed by atoms with E-state index in [1.807, 2.05) is 41.5 Å². The van der Waals surface area contributed by atoms with Gasteiger partial charge in [0.05, 0.1) is 58.5 Å². The zero-order valence-corrected chi connectivity index (χ0v) is 33.2. The van der Waals surface area contributed by atoms with E-state index >= 15 is 0 Å². The molecule has 0 spiro atoms. The summed E-state index contributed by atoms with van der Waals surface area (Å²) in [6.45, 7) is 15.8. The fourth-order valence-corrected chi connectivity index (χ4v) is 5.35. The molecule has 2 unspecified atom stereocenters. The van der Waals surface area contributed by atoms with Gasteiger partial charge in [-0.05, 0) is 125 Å². The van der Waals surface area contributed by atoms with Crippen molar-refractivity contribution >= 4 is 35.1 Å². The highest BCUT2D eigenvalue weighted by Crippen LogP contribution is 2.35. The van der Waals surface area contributed by atoms with Crippen LogP contribution in [0.15, 0.2) is 72.8 Å². The summed E-state index contributed by atoms with van der Waals surface area (Å²) in [5, 5.41) is 24.8. The SMILES string of the molecule is CCC(C)Oc1cc(C(=O)O)ccc1NC(=O)c1ccc(-c2ccc(C(=O)Nc3ccc(C(=O)O)cc3OC(C)CC)c(OC(C)C)c2)cc1OCCC(C)C. The van der Waals surface area contributed by atoms with Gasteiger partial charge >= 0.3 is 11.9 Å². The molecule has 4 N–H and O–H groups in total. The maximum absolute atomic E-state index is 13.8. The first kappa shape index (κ1) is 42.7. The van der Waals surface area contributed by atoms with E-state index < -0.39 is 23.8 Å². The van der Waals surface area contributed by atoms with Gasteiger partial charge in [-0.2, -0.15) is 0 Å². The van der Waals surface area contributed by atoms with E-state index in [1.165, 1.54) is 36.4 Å². The Kier molecular flexibility index (Phi) is 14.9. The molecule has 0 bridgehead atoms. The number of carbonyl (C=O) groups excluding carboxylic acids is 2. The van der Waals surface area contributed by atoms with Gasteiger partial charge in [0.1, 0.15) is 23.0 Å². The monoisotopic (exact) mass is 768 g/mol. The Morgan fingerprint density at radius 1 is 0.571 bits per heavy atom. The van der Waals surface area contributed by atoms with Crippen LogP contribution in [0.2, 0.25) is 0 Å². The topological polar surface area (TPSA) is 170 Å². The number of carbonyl (C=O) groups is 4. The van der Waals surface area contributed by atoms with E-state index in [2.05, 4.69) is 24.5 Å². The number of ether oxygens (including phenoxy) is 4. The van der Waals surface area contributed by atoms with Crippen molar-refractivity contribution in [1.29, 1.82) is 0 Å². The molecule has 4 aromatic carbocycles. The van der Waals surface area contributed by atoms with Gasteiger partial charge in [-0.1, -0.05) is 39.8 Å². The molecular weight excluding hydrogens is 716 g/mol. The van der Waals surface area contributed by atoms with Gasteiger partial charge in [-0.15, -0.1) is 0 Å². The fraction of sp³-hybridized carbons (Fsp3) is 0.364. The largest absolute Gasteiger partial charge is 0.493 e. The number of aromatic carboxylic acids is 2. The van der Waals surface area contributed by atoms with Crippen molar-refractivity contribution in [2.24, 2.45) is 5.92 Å². The number of anilines is 2. The number of carboxylic acid groups (broad SMARTS) is 2. The molecule has 298 valence electrons. The van der Waals surface area contributed by atoms with Gasteiger partial charge in [0, 0.05) is 0 Å². The summed E-state index contributed by atoms with van der Waals surface area (Å²) in [6.07, 6.45) is 1.36. The van der Waals surface area contributed by atoms with E-state index in [0.717, 1.165) is 6.42 Å². The van der Waals surface area contributed by atoms with Crippen molar-refractivity contribution in [3.8, 4) is 34.1 Å². The molecule has 4 aromatic rings. The van der Waals surface area contributed by atoms with E-state index in [0.29, 0.717) is 59.4 Å². The second-order valence-electron chi connectivity index (χ2n) is 14.2. The average Bonchev–Trinajstić information content (AvgIpc) is 3.15. The third-order valence-electron chi connectivity index (χ3n) is 8.86. The lowest BCUT2D eigenvalue weighted by molar-refractivity contribution is 0.0685. The molecule has 0 aliphatic heterocycles. The van der Waals surface area contributed by atoms with Crippen LogP contribution in [-0.4, -0.2) is 58.9 Å². The van der Waals surface area contributed by atoms with Gasteiger partial charge in [0.25, 0.3) is 11.8 Å². The predicted molar refractivity (Wildman–Crippen MR) is 216 cm³/mol. The number of amides is 2. The second-order valence-corrected chi connectivity index (χ2v) is 14.2. The van der Waals surface area contributed by atoms with E-state index in [4.69, 9.17) is 18.9 Å². The Balaban J connectivity index is 1.70. The average molecular weight is 769 g/mol. The predicted octanol–water partition coefficient (Wildman–Crippen LogP) is 9.82. The number of benzene rings is 4. The zero-order chi connectivity index (χ0) is 41.1. The van der Waals surface area contributed by atoms with Gasteiger partial charge < -0.3 is 39.8 Å². The molecule has 0 aliphatic rings.